The van der Waals surface area contributed by atoms with Crippen molar-refractivity contribution in [3.05, 3.63) is 114 Å². The summed E-state index contributed by atoms with van der Waals surface area (Å²) in [5.74, 6) is 0. The van der Waals surface area contributed by atoms with Gasteiger partial charge in [0.25, 0.3) is 0 Å². The smallest absolute Gasteiger partial charge is 0.135 e. The van der Waals surface area contributed by atoms with Gasteiger partial charge in [-0.05, 0) is 100 Å². The molecule has 1 aromatic heterocycles. The molecule has 5 rings (SSSR count). The molecule has 0 saturated heterocycles. The summed E-state index contributed by atoms with van der Waals surface area (Å²) in [6.45, 7) is 15.8. The average molecular weight is 500 g/mol. The van der Waals surface area contributed by atoms with Crippen LogP contribution in [-0.2, 0) is 12.0 Å². The van der Waals surface area contributed by atoms with Crippen molar-refractivity contribution in [2.45, 2.75) is 53.0 Å². The summed E-state index contributed by atoms with van der Waals surface area (Å²) in [6, 6.07) is 26.2. The number of nitrogens with two attached hydrogens (primary N) is 1. The lowest BCUT2D eigenvalue weighted by molar-refractivity contribution is 0.503. The Labute approximate surface area is 226 Å². The third-order valence-electron chi connectivity index (χ3n) is 8.15. The van der Waals surface area contributed by atoms with E-state index in [9.17, 15) is 0 Å². The Morgan fingerprint density at radius 2 is 1.66 bits per heavy atom. The molecule has 5 aromatic rings. The lowest BCUT2D eigenvalue weighted by Gasteiger charge is -2.26. The van der Waals surface area contributed by atoms with Crippen molar-refractivity contribution in [3.63, 3.8) is 0 Å². The van der Waals surface area contributed by atoms with Gasteiger partial charge in [-0.2, -0.15) is 0 Å². The van der Waals surface area contributed by atoms with Crippen molar-refractivity contribution < 1.29 is 4.42 Å². The molecule has 38 heavy (non-hydrogen) atoms. The van der Waals surface area contributed by atoms with E-state index in [0.29, 0.717) is 6.54 Å². The zero-order chi connectivity index (χ0) is 27.0. The minimum atomic E-state index is 0.157. The second-order valence-corrected chi connectivity index (χ2v) is 10.8. The second kappa shape index (κ2) is 10.1. The van der Waals surface area contributed by atoms with Crippen molar-refractivity contribution in [3.8, 4) is 22.3 Å². The molecule has 0 spiro atoms. The van der Waals surface area contributed by atoms with Crippen LogP contribution in [0.2, 0.25) is 0 Å². The molecule has 0 aliphatic carbocycles. The van der Waals surface area contributed by atoms with Crippen molar-refractivity contribution in [2.24, 2.45) is 5.73 Å². The Kier molecular flexibility index (Phi) is 6.86. The van der Waals surface area contributed by atoms with Crippen LogP contribution in [0.15, 0.2) is 95.9 Å². The number of furan rings is 1. The predicted molar refractivity (Wildman–Crippen MR) is 164 cm³/mol. The maximum absolute atomic E-state index is 6.13. The van der Waals surface area contributed by atoms with E-state index in [1.807, 2.05) is 18.2 Å². The molecule has 2 heteroatoms. The van der Waals surface area contributed by atoms with Crippen LogP contribution in [0.4, 0.5) is 0 Å². The quantitative estimate of drug-likeness (QED) is 0.226. The van der Waals surface area contributed by atoms with Gasteiger partial charge in [-0.1, -0.05) is 88.0 Å². The standard InChI is InChI=1S/C36H37NO/c1-7-24(8-2)30-20-25(13-16-29(30)27-14-17-32(23(4)19-27)36(5,6)9-3)26-15-18-33-31(21-26)35-28(22-37)11-10-12-34(35)38-33/h7-8,10-21H,1,9,22,37H2,2-6H3/b24-8+. The minimum Gasteiger partial charge on any atom is -0.456 e. The molecule has 0 saturated carbocycles. The largest absolute Gasteiger partial charge is 0.456 e. The first-order valence-electron chi connectivity index (χ1n) is 13.5. The van der Waals surface area contributed by atoms with Crippen molar-refractivity contribution >= 4 is 27.5 Å². The lowest BCUT2D eigenvalue weighted by Crippen LogP contribution is -2.16. The molecular weight excluding hydrogens is 462 g/mol. The highest BCUT2D eigenvalue weighted by atomic mass is 16.3. The van der Waals surface area contributed by atoms with E-state index in [2.05, 4.69) is 108 Å². The van der Waals surface area contributed by atoms with Gasteiger partial charge in [0.2, 0.25) is 0 Å². The summed E-state index contributed by atoms with van der Waals surface area (Å²) in [6.07, 6.45) is 5.19. The highest BCUT2D eigenvalue weighted by Gasteiger charge is 2.21. The molecule has 192 valence electrons. The number of aryl methyl sites for hydroxylation is 1. The van der Waals surface area contributed by atoms with Gasteiger partial charge in [-0.15, -0.1) is 0 Å². The zero-order valence-corrected chi connectivity index (χ0v) is 23.2. The molecule has 2 nitrogen and oxygen atoms in total. The molecule has 0 unspecified atom stereocenters. The van der Waals surface area contributed by atoms with Gasteiger partial charge in [0.15, 0.2) is 0 Å². The van der Waals surface area contributed by atoms with Gasteiger partial charge >= 0.3 is 0 Å². The Morgan fingerprint density at radius 3 is 2.34 bits per heavy atom. The van der Waals surface area contributed by atoms with Crippen LogP contribution in [0.1, 0.15) is 56.4 Å². The normalized spacial score (nSPS) is 12.4. The number of allylic oxidation sites excluding steroid dienone is 3. The molecule has 0 aliphatic rings. The lowest BCUT2D eigenvalue weighted by atomic mass is 9.79. The first-order valence-corrected chi connectivity index (χ1v) is 13.5. The number of fused-ring (bicyclic) bond motifs is 3. The van der Waals surface area contributed by atoms with Crippen LogP contribution >= 0.6 is 0 Å². The van der Waals surface area contributed by atoms with Gasteiger partial charge in [-0.3, -0.25) is 0 Å². The Bertz CT molecular complexity index is 1700. The number of hydrogen-bond acceptors (Lipinski definition) is 2. The summed E-state index contributed by atoms with van der Waals surface area (Å²) >= 11 is 0. The summed E-state index contributed by atoms with van der Waals surface area (Å²) in [7, 11) is 0. The molecule has 1 heterocycles. The Morgan fingerprint density at radius 1 is 0.921 bits per heavy atom. The molecule has 4 aromatic carbocycles. The van der Waals surface area contributed by atoms with Gasteiger partial charge in [0, 0.05) is 17.3 Å². The fourth-order valence-corrected chi connectivity index (χ4v) is 5.63. The van der Waals surface area contributed by atoms with E-state index in [4.69, 9.17) is 10.2 Å². The van der Waals surface area contributed by atoms with E-state index in [1.54, 1.807) is 0 Å². The molecule has 0 radical (unpaired) electrons. The highest BCUT2D eigenvalue weighted by molar-refractivity contribution is 6.08. The molecule has 0 fully saturated rings. The van der Waals surface area contributed by atoms with Crippen LogP contribution < -0.4 is 5.73 Å². The highest BCUT2D eigenvalue weighted by Crippen LogP contribution is 2.39. The van der Waals surface area contributed by atoms with Crippen LogP contribution in [-0.4, -0.2) is 0 Å². The summed E-state index contributed by atoms with van der Waals surface area (Å²) in [4.78, 5) is 0. The molecular formula is C36H37NO. The minimum absolute atomic E-state index is 0.157. The van der Waals surface area contributed by atoms with Gasteiger partial charge in [0.05, 0.1) is 0 Å². The third kappa shape index (κ3) is 4.40. The van der Waals surface area contributed by atoms with Crippen molar-refractivity contribution in [1.82, 2.24) is 0 Å². The van der Waals surface area contributed by atoms with Crippen LogP contribution in [0, 0.1) is 6.92 Å². The van der Waals surface area contributed by atoms with E-state index in [0.717, 1.165) is 50.6 Å². The van der Waals surface area contributed by atoms with E-state index < -0.39 is 0 Å². The maximum Gasteiger partial charge on any atom is 0.135 e. The molecule has 0 bridgehead atoms. The Balaban J connectivity index is 1.67. The maximum atomic E-state index is 6.13. The van der Waals surface area contributed by atoms with Crippen LogP contribution in [0.25, 0.3) is 49.8 Å². The summed E-state index contributed by atoms with van der Waals surface area (Å²) in [5.41, 5.74) is 18.9. The third-order valence-corrected chi connectivity index (χ3v) is 8.15. The molecule has 0 aliphatic heterocycles. The first kappa shape index (κ1) is 25.8. The molecule has 0 atom stereocenters. The monoisotopic (exact) mass is 499 g/mol. The summed E-state index contributed by atoms with van der Waals surface area (Å²) < 4.78 is 6.13. The van der Waals surface area contributed by atoms with Crippen molar-refractivity contribution in [1.29, 1.82) is 0 Å². The number of hydrogen-bond donors (Lipinski definition) is 1. The van der Waals surface area contributed by atoms with E-state index >= 15 is 0 Å². The fraction of sp³-hybridized carbons (Fsp3) is 0.222. The first-order chi connectivity index (χ1) is 18.3. The van der Waals surface area contributed by atoms with E-state index in [-0.39, 0.29) is 5.41 Å². The van der Waals surface area contributed by atoms with E-state index in [1.165, 1.54) is 27.8 Å². The van der Waals surface area contributed by atoms with Gasteiger partial charge in [0.1, 0.15) is 11.2 Å². The fourth-order valence-electron chi connectivity index (χ4n) is 5.63. The molecule has 0 amide bonds. The van der Waals surface area contributed by atoms with Crippen molar-refractivity contribution in [2.75, 3.05) is 0 Å². The second-order valence-electron chi connectivity index (χ2n) is 10.8. The average Bonchev–Trinajstić information content (AvgIpc) is 3.31. The number of benzene rings is 4. The predicted octanol–water partition coefficient (Wildman–Crippen LogP) is 9.96. The summed E-state index contributed by atoms with van der Waals surface area (Å²) in [5, 5.41) is 2.21. The molecule has 2 N–H and O–H groups in total. The van der Waals surface area contributed by atoms with Gasteiger partial charge in [-0.25, -0.2) is 0 Å². The zero-order valence-electron chi connectivity index (χ0n) is 23.2. The topological polar surface area (TPSA) is 39.2 Å². The Hall–Kier alpha value is -3.88. The van der Waals surface area contributed by atoms with Crippen LogP contribution in [0.3, 0.4) is 0 Å². The number of rotatable bonds is 7. The SMILES string of the molecule is C=C/C(=C\C)c1cc(-c2ccc3oc4cccc(CN)c4c3c2)ccc1-c1ccc(C(C)(C)CC)c(C)c1. The van der Waals surface area contributed by atoms with Gasteiger partial charge < -0.3 is 10.2 Å². The van der Waals surface area contributed by atoms with Crippen LogP contribution in [0.5, 0.6) is 0 Å².